The molecule has 0 spiro atoms. The third-order valence-electron chi connectivity index (χ3n) is 3.61. The van der Waals surface area contributed by atoms with Crippen LogP contribution >= 0.6 is 11.3 Å². The van der Waals surface area contributed by atoms with E-state index < -0.39 is 0 Å². The highest BCUT2D eigenvalue weighted by Crippen LogP contribution is 2.31. The van der Waals surface area contributed by atoms with Crippen LogP contribution in [0.4, 0.5) is 5.00 Å². The SMILES string of the molecule is Cc1ccc(C)c(CC(=O)Nc2sc(C)c(C)c2C#N)c1. The van der Waals surface area contributed by atoms with E-state index in [-0.39, 0.29) is 5.91 Å². The maximum Gasteiger partial charge on any atom is 0.229 e. The summed E-state index contributed by atoms with van der Waals surface area (Å²) in [6.07, 6.45) is 0.328. The summed E-state index contributed by atoms with van der Waals surface area (Å²) >= 11 is 1.46. The average Bonchev–Trinajstić information content (AvgIpc) is 2.68. The zero-order chi connectivity index (χ0) is 15.6. The summed E-state index contributed by atoms with van der Waals surface area (Å²) < 4.78 is 0. The normalized spacial score (nSPS) is 10.2. The van der Waals surface area contributed by atoms with Crippen molar-refractivity contribution in [2.75, 3.05) is 5.32 Å². The lowest BCUT2D eigenvalue weighted by molar-refractivity contribution is -0.115. The molecule has 0 fully saturated rings. The summed E-state index contributed by atoms with van der Waals surface area (Å²) in [5.41, 5.74) is 4.80. The summed E-state index contributed by atoms with van der Waals surface area (Å²) in [4.78, 5) is 13.3. The predicted octanol–water partition coefficient (Wildman–Crippen LogP) is 4.03. The Morgan fingerprint density at radius 1 is 1.29 bits per heavy atom. The fourth-order valence-corrected chi connectivity index (χ4v) is 3.21. The van der Waals surface area contributed by atoms with Gasteiger partial charge in [0.15, 0.2) is 0 Å². The van der Waals surface area contributed by atoms with Crippen LogP contribution in [0.3, 0.4) is 0 Å². The number of amides is 1. The second kappa shape index (κ2) is 6.11. The number of benzene rings is 1. The standard InChI is InChI=1S/C17H18N2OS/c1-10-5-6-11(2)14(7-10)8-16(20)19-17-15(9-18)12(3)13(4)21-17/h5-7H,8H2,1-4H3,(H,19,20). The van der Waals surface area contributed by atoms with Crippen molar-refractivity contribution in [3.63, 3.8) is 0 Å². The second-order valence-corrected chi connectivity index (χ2v) is 6.48. The van der Waals surface area contributed by atoms with Crippen LogP contribution in [0.5, 0.6) is 0 Å². The highest BCUT2D eigenvalue weighted by molar-refractivity contribution is 7.16. The highest BCUT2D eigenvalue weighted by Gasteiger charge is 2.15. The van der Waals surface area contributed by atoms with Crippen molar-refractivity contribution >= 4 is 22.2 Å². The quantitative estimate of drug-likeness (QED) is 0.930. The number of nitrogens with zero attached hydrogens (tertiary/aromatic N) is 1. The van der Waals surface area contributed by atoms with E-state index in [1.807, 2.05) is 45.9 Å². The van der Waals surface area contributed by atoms with Crippen molar-refractivity contribution in [2.24, 2.45) is 0 Å². The van der Waals surface area contributed by atoms with Crippen LogP contribution in [-0.2, 0) is 11.2 Å². The van der Waals surface area contributed by atoms with Gasteiger partial charge >= 0.3 is 0 Å². The van der Waals surface area contributed by atoms with Crippen LogP contribution in [0.25, 0.3) is 0 Å². The first-order chi connectivity index (χ1) is 9.92. The summed E-state index contributed by atoms with van der Waals surface area (Å²) in [6.45, 7) is 7.88. The Morgan fingerprint density at radius 2 is 2.00 bits per heavy atom. The fourth-order valence-electron chi connectivity index (χ4n) is 2.18. The molecule has 0 atom stereocenters. The Labute approximate surface area is 129 Å². The number of carbonyl (C=O) groups excluding carboxylic acids is 1. The van der Waals surface area contributed by atoms with Gasteiger partial charge in [-0.3, -0.25) is 4.79 Å². The molecule has 2 rings (SSSR count). The average molecular weight is 298 g/mol. The number of nitriles is 1. The zero-order valence-electron chi connectivity index (χ0n) is 12.7. The molecule has 1 amide bonds. The Morgan fingerprint density at radius 3 is 2.67 bits per heavy atom. The topological polar surface area (TPSA) is 52.9 Å². The molecule has 1 aromatic heterocycles. The third-order valence-corrected chi connectivity index (χ3v) is 4.73. The van der Waals surface area contributed by atoms with Crippen molar-refractivity contribution in [1.29, 1.82) is 5.26 Å². The number of aryl methyl sites for hydroxylation is 3. The van der Waals surface area contributed by atoms with E-state index in [2.05, 4.69) is 11.4 Å². The molecule has 3 nitrogen and oxygen atoms in total. The summed E-state index contributed by atoms with van der Waals surface area (Å²) in [5, 5.41) is 12.7. The van der Waals surface area contributed by atoms with Gasteiger partial charge in [-0.05, 0) is 44.4 Å². The number of thiophene rings is 1. The molecule has 0 bridgehead atoms. The van der Waals surface area contributed by atoms with Gasteiger partial charge in [-0.1, -0.05) is 23.8 Å². The molecule has 0 unspecified atom stereocenters. The van der Waals surface area contributed by atoms with E-state index >= 15 is 0 Å². The third kappa shape index (κ3) is 3.32. The van der Waals surface area contributed by atoms with Gasteiger partial charge in [-0.25, -0.2) is 0 Å². The Bertz CT molecular complexity index is 738. The van der Waals surface area contributed by atoms with Gasteiger partial charge < -0.3 is 5.32 Å². The largest absolute Gasteiger partial charge is 0.316 e. The van der Waals surface area contributed by atoms with Crippen molar-refractivity contribution in [1.82, 2.24) is 0 Å². The van der Waals surface area contributed by atoms with Crippen molar-refractivity contribution in [2.45, 2.75) is 34.1 Å². The van der Waals surface area contributed by atoms with Gasteiger partial charge in [0.05, 0.1) is 12.0 Å². The lowest BCUT2D eigenvalue weighted by atomic mass is 10.0. The molecule has 1 aromatic carbocycles. The van der Waals surface area contributed by atoms with E-state index in [9.17, 15) is 10.1 Å². The van der Waals surface area contributed by atoms with E-state index in [1.54, 1.807) is 0 Å². The molecule has 4 heteroatoms. The lowest BCUT2D eigenvalue weighted by Crippen LogP contribution is -2.15. The van der Waals surface area contributed by atoms with Gasteiger partial charge in [0.2, 0.25) is 5.91 Å². The van der Waals surface area contributed by atoms with E-state index in [0.29, 0.717) is 17.0 Å². The van der Waals surface area contributed by atoms with Gasteiger partial charge in [-0.15, -0.1) is 11.3 Å². The van der Waals surface area contributed by atoms with Crippen molar-refractivity contribution in [3.8, 4) is 6.07 Å². The molecule has 1 N–H and O–H groups in total. The van der Waals surface area contributed by atoms with Crippen LogP contribution in [-0.4, -0.2) is 5.91 Å². The molecule has 0 saturated carbocycles. The molecule has 0 aliphatic heterocycles. The number of nitrogens with one attached hydrogen (secondary N) is 1. The first-order valence-electron chi connectivity index (χ1n) is 6.78. The van der Waals surface area contributed by atoms with Gasteiger partial charge in [-0.2, -0.15) is 5.26 Å². The van der Waals surface area contributed by atoms with Crippen LogP contribution in [0.2, 0.25) is 0 Å². The maximum atomic E-state index is 12.2. The Balaban J connectivity index is 2.18. The van der Waals surface area contributed by atoms with Crippen LogP contribution in [0, 0.1) is 39.0 Å². The monoisotopic (exact) mass is 298 g/mol. The number of anilines is 1. The Hall–Kier alpha value is -2.12. The number of hydrogen-bond acceptors (Lipinski definition) is 3. The molecule has 21 heavy (non-hydrogen) atoms. The lowest BCUT2D eigenvalue weighted by Gasteiger charge is -2.07. The molecule has 0 saturated heterocycles. The molecule has 1 heterocycles. The smallest absolute Gasteiger partial charge is 0.229 e. The summed E-state index contributed by atoms with van der Waals surface area (Å²) in [6, 6.07) is 8.27. The second-order valence-electron chi connectivity index (χ2n) is 5.25. The molecule has 0 aliphatic rings. The van der Waals surface area contributed by atoms with Crippen LogP contribution < -0.4 is 5.32 Å². The molecular weight excluding hydrogens is 280 g/mol. The Kier molecular flexibility index (Phi) is 4.44. The predicted molar refractivity (Wildman–Crippen MR) is 86.8 cm³/mol. The van der Waals surface area contributed by atoms with Gasteiger partial charge in [0.1, 0.15) is 11.1 Å². The minimum atomic E-state index is -0.0820. The van der Waals surface area contributed by atoms with Crippen LogP contribution in [0.1, 0.15) is 32.7 Å². The molecule has 108 valence electrons. The maximum absolute atomic E-state index is 12.2. The molecule has 2 aromatic rings. The minimum Gasteiger partial charge on any atom is -0.316 e. The first-order valence-corrected chi connectivity index (χ1v) is 7.60. The van der Waals surface area contributed by atoms with E-state index in [1.165, 1.54) is 11.3 Å². The molecular formula is C17H18N2OS. The minimum absolute atomic E-state index is 0.0820. The van der Waals surface area contributed by atoms with Crippen LogP contribution in [0.15, 0.2) is 18.2 Å². The van der Waals surface area contributed by atoms with Crippen molar-refractivity contribution in [3.05, 3.63) is 50.9 Å². The number of rotatable bonds is 3. The van der Waals surface area contributed by atoms with Crippen molar-refractivity contribution < 1.29 is 4.79 Å². The fraction of sp³-hybridized carbons (Fsp3) is 0.294. The summed E-state index contributed by atoms with van der Waals surface area (Å²) in [5.74, 6) is -0.0820. The number of hydrogen-bond donors (Lipinski definition) is 1. The van der Waals surface area contributed by atoms with E-state index in [4.69, 9.17) is 0 Å². The first kappa shape index (κ1) is 15.3. The highest BCUT2D eigenvalue weighted by atomic mass is 32.1. The van der Waals surface area contributed by atoms with E-state index in [0.717, 1.165) is 27.1 Å². The zero-order valence-corrected chi connectivity index (χ0v) is 13.5. The molecule has 0 radical (unpaired) electrons. The summed E-state index contributed by atoms with van der Waals surface area (Å²) in [7, 11) is 0. The number of carbonyl (C=O) groups is 1. The van der Waals surface area contributed by atoms with Gasteiger partial charge in [0.25, 0.3) is 0 Å². The van der Waals surface area contributed by atoms with Gasteiger partial charge in [0, 0.05) is 4.88 Å². The molecule has 0 aliphatic carbocycles.